The quantitative estimate of drug-likeness (QED) is 0.336. The molecule has 0 radical (unpaired) electrons. The van der Waals surface area contributed by atoms with Crippen LogP contribution in [0.3, 0.4) is 0 Å². The van der Waals surface area contributed by atoms with Crippen molar-refractivity contribution in [3.8, 4) is 5.88 Å². The molecule has 3 aromatic rings. The number of rotatable bonds is 9. The number of hydrogen-bond donors (Lipinski definition) is 2. The highest BCUT2D eigenvalue weighted by molar-refractivity contribution is 5.85. The summed E-state index contributed by atoms with van der Waals surface area (Å²) < 4.78 is 73.5. The van der Waals surface area contributed by atoms with Crippen LogP contribution in [0.25, 0.3) is 10.9 Å². The molecule has 3 heterocycles. The maximum absolute atomic E-state index is 15.1. The second kappa shape index (κ2) is 10.3. The van der Waals surface area contributed by atoms with Crippen molar-refractivity contribution in [2.45, 2.75) is 38.0 Å². The van der Waals surface area contributed by atoms with Gasteiger partial charge in [-0.25, -0.2) is 9.37 Å². The number of pyridine rings is 1. The number of alkyl halides is 4. The summed E-state index contributed by atoms with van der Waals surface area (Å²) in [5.74, 6) is -0.587. The Balaban J connectivity index is 1.69. The van der Waals surface area contributed by atoms with Crippen LogP contribution in [0.15, 0.2) is 36.5 Å². The molecule has 0 amide bonds. The summed E-state index contributed by atoms with van der Waals surface area (Å²) in [6, 6.07) is 7.40. The third kappa shape index (κ3) is 5.33. The number of aromatic amines is 1. The summed E-state index contributed by atoms with van der Waals surface area (Å²) in [6.07, 6.45) is -2.67. The number of nitrogens with one attached hydrogen (secondary N) is 2. The average molecular weight is 482 g/mol. The van der Waals surface area contributed by atoms with E-state index in [4.69, 9.17) is 4.74 Å². The van der Waals surface area contributed by atoms with Crippen molar-refractivity contribution >= 4 is 10.9 Å². The Morgan fingerprint density at radius 1 is 1.24 bits per heavy atom. The van der Waals surface area contributed by atoms with Gasteiger partial charge in [0, 0.05) is 40.8 Å². The molecule has 34 heavy (non-hydrogen) atoms. The summed E-state index contributed by atoms with van der Waals surface area (Å²) in [6.45, 7) is 1.27. The van der Waals surface area contributed by atoms with Crippen molar-refractivity contribution in [1.29, 1.82) is 0 Å². The molecule has 1 aliphatic rings. The molecule has 0 bridgehead atoms. The lowest BCUT2D eigenvalue weighted by Crippen LogP contribution is -2.47. The maximum Gasteiger partial charge on any atom is 0.401 e. The third-order valence-corrected chi connectivity index (χ3v) is 6.05. The molecule has 10 heteroatoms. The molecule has 2 aromatic heterocycles. The number of hydrogen-bond acceptors (Lipinski definition) is 4. The van der Waals surface area contributed by atoms with Gasteiger partial charge in [-0.05, 0) is 37.9 Å². The summed E-state index contributed by atoms with van der Waals surface area (Å²) in [7, 11) is 0. The normalized spacial score (nSPS) is 18.9. The van der Waals surface area contributed by atoms with Gasteiger partial charge in [0.15, 0.2) is 0 Å². The van der Waals surface area contributed by atoms with Gasteiger partial charge in [-0.3, -0.25) is 9.29 Å². The number of para-hydroxylation sites is 1. The largest absolute Gasteiger partial charge is 0.476 e. The fourth-order valence-corrected chi connectivity index (χ4v) is 4.56. The van der Waals surface area contributed by atoms with Crippen LogP contribution in [0, 0.1) is 5.82 Å². The van der Waals surface area contributed by atoms with Crippen LogP contribution < -0.4 is 10.1 Å². The highest BCUT2D eigenvalue weighted by atomic mass is 19.4. The van der Waals surface area contributed by atoms with E-state index in [1.54, 1.807) is 6.92 Å². The zero-order valence-electron chi connectivity index (χ0n) is 18.8. The Labute approximate surface area is 194 Å². The molecule has 1 unspecified atom stereocenters. The van der Waals surface area contributed by atoms with Crippen molar-refractivity contribution in [3.63, 3.8) is 0 Å². The van der Waals surface area contributed by atoms with Crippen LogP contribution in [0.5, 0.6) is 5.88 Å². The van der Waals surface area contributed by atoms with Gasteiger partial charge in [0.1, 0.15) is 12.4 Å². The highest BCUT2D eigenvalue weighted by Crippen LogP contribution is 2.43. The number of fused-ring (bicyclic) bond motifs is 3. The first kappa shape index (κ1) is 24.4. The molecule has 184 valence electrons. The predicted octanol–water partition coefficient (Wildman–Crippen LogP) is 4.93. The van der Waals surface area contributed by atoms with Gasteiger partial charge < -0.3 is 15.0 Å². The average Bonchev–Trinajstić information content (AvgIpc) is 3.15. The summed E-state index contributed by atoms with van der Waals surface area (Å²) >= 11 is 0. The second-order valence-corrected chi connectivity index (χ2v) is 8.49. The third-order valence-electron chi connectivity index (χ3n) is 6.05. The van der Waals surface area contributed by atoms with E-state index in [1.165, 1.54) is 11.0 Å². The number of aromatic nitrogens is 2. The molecule has 1 aromatic carbocycles. The zero-order valence-corrected chi connectivity index (χ0v) is 18.8. The first-order valence-electron chi connectivity index (χ1n) is 11.3. The summed E-state index contributed by atoms with van der Waals surface area (Å²) in [5, 5.41) is 3.93. The molecule has 0 spiro atoms. The molecule has 0 aliphatic carbocycles. The number of ether oxygens (including phenoxy) is 1. The number of H-pyrrole nitrogens is 1. The molecule has 2 atom stereocenters. The minimum Gasteiger partial charge on any atom is -0.476 e. The van der Waals surface area contributed by atoms with Crippen molar-refractivity contribution < 1.29 is 26.7 Å². The Morgan fingerprint density at radius 2 is 2.03 bits per heavy atom. The first-order valence-corrected chi connectivity index (χ1v) is 11.3. The SMILES string of the molecule is C[C@@H]1Cc2c([nH]c3ccccc23)C(c2cc(OCCNCCCF)ncc2F)N1CC(F)(F)F. The first-order chi connectivity index (χ1) is 16.3. The molecule has 1 aliphatic heterocycles. The van der Waals surface area contributed by atoms with Crippen molar-refractivity contribution in [2.24, 2.45) is 0 Å². The van der Waals surface area contributed by atoms with Gasteiger partial charge in [-0.15, -0.1) is 0 Å². The molecule has 0 saturated carbocycles. The molecular formula is C24H27F5N4O. The predicted molar refractivity (Wildman–Crippen MR) is 119 cm³/mol. The van der Waals surface area contributed by atoms with E-state index in [0.717, 1.165) is 22.7 Å². The minimum absolute atomic E-state index is 0.0685. The van der Waals surface area contributed by atoms with E-state index in [2.05, 4.69) is 15.3 Å². The summed E-state index contributed by atoms with van der Waals surface area (Å²) in [4.78, 5) is 8.47. The monoisotopic (exact) mass is 482 g/mol. The Bertz CT molecular complexity index is 1120. The molecule has 5 nitrogen and oxygen atoms in total. The topological polar surface area (TPSA) is 53.2 Å². The number of halogens is 5. The summed E-state index contributed by atoms with van der Waals surface area (Å²) in [5.41, 5.74) is 2.30. The molecule has 4 rings (SSSR count). The lowest BCUT2D eigenvalue weighted by molar-refractivity contribution is -0.155. The van der Waals surface area contributed by atoms with Crippen LogP contribution >= 0.6 is 0 Å². The van der Waals surface area contributed by atoms with Gasteiger partial charge >= 0.3 is 6.18 Å². The zero-order chi connectivity index (χ0) is 24.3. The van der Waals surface area contributed by atoms with Gasteiger partial charge in [-0.2, -0.15) is 13.2 Å². The lowest BCUT2D eigenvalue weighted by atomic mass is 9.88. The van der Waals surface area contributed by atoms with Crippen molar-refractivity contribution in [3.05, 3.63) is 59.2 Å². The van der Waals surface area contributed by atoms with Crippen LogP contribution in [0.1, 0.15) is 36.2 Å². The molecule has 2 N–H and O–H groups in total. The Morgan fingerprint density at radius 3 is 2.79 bits per heavy atom. The van der Waals surface area contributed by atoms with E-state index in [-0.39, 0.29) is 18.1 Å². The lowest BCUT2D eigenvalue weighted by Gasteiger charge is -2.41. The number of benzene rings is 1. The fraction of sp³-hybridized carbons (Fsp3) is 0.458. The van der Waals surface area contributed by atoms with Crippen LogP contribution in [0.2, 0.25) is 0 Å². The van der Waals surface area contributed by atoms with Gasteiger partial charge in [-0.1, -0.05) is 18.2 Å². The molecular weight excluding hydrogens is 455 g/mol. The van der Waals surface area contributed by atoms with Gasteiger partial charge in [0.25, 0.3) is 0 Å². The maximum atomic E-state index is 15.1. The Kier molecular flexibility index (Phi) is 7.37. The van der Waals surface area contributed by atoms with E-state index in [0.29, 0.717) is 31.6 Å². The second-order valence-electron chi connectivity index (χ2n) is 8.49. The van der Waals surface area contributed by atoms with Crippen molar-refractivity contribution in [2.75, 3.05) is 32.9 Å². The van der Waals surface area contributed by atoms with E-state index >= 15 is 4.39 Å². The van der Waals surface area contributed by atoms with Gasteiger partial charge in [0.2, 0.25) is 5.88 Å². The van der Waals surface area contributed by atoms with Crippen LogP contribution in [-0.2, 0) is 6.42 Å². The van der Waals surface area contributed by atoms with Crippen LogP contribution in [-0.4, -0.2) is 60.0 Å². The van der Waals surface area contributed by atoms with Crippen LogP contribution in [0.4, 0.5) is 22.0 Å². The molecule has 0 saturated heterocycles. The van der Waals surface area contributed by atoms with Crippen molar-refractivity contribution in [1.82, 2.24) is 20.2 Å². The minimum atomic E-state index is -4.45. The van der Waals surface area contributed by atoms with E-state index in [1.807, 2.05) is 24.3 Å². The van der Waals surface area contributed by atoms with E-state index < -0.39 is 37.3 Å². The highest BCUT2D eigenvalue weighted by Gasteiger charge is 2.42. The molecule has 0 fully saturated rings. The van der Waals surface area contributed by atoms with Gasteiger partial charge in [0.05, 0.1) is 25.5 Å². The Hall–Kier alpha value is -2.72. The fourth-order valence-electron chi connectivity index (χ4n) is 4.56. The van der Waals surface area contributed by atoms with E-state index in [9.17, 15) is 17.6 Å². The smallest absolute Gasteiger partial charge is 0.401 e. The number of nitrogens with zero attached hydrogens (tertiary/aromatic N) is 2. The standard InChI is InChI=1S/C24H27F5N4O/c1-15-11-17-16-5-2-3-6-20(16)32-22(17)23(33(15)14-24(27,28)29)18-12-21(31-13-19(18)26)34-10-9-30-8-4-7-25/h2-3,5-6,12-13,15,23,30,32H,4,7-11,14H2,1H3/t15-,23?/m1/s1.